The smallest absolute Gasteiger partial charge is 0.270 e. The summed E-state index contributed by atoms with van der Waals surface area (Å²) in [5.41, 5.74) is 2.27. The van der Waals surface area contributed by atoms with Crippen molar-refractivity contribution in [2.24, 2.45) is 5.92 Å². The van der Waals surface area contributed by atoms with Crippen LogP contribution in [0.1, 0.15) is 18.4 Å². The Balaban J connectivity index is 1.27. The number of rotatable bonds is 6. The van der Waals surface area contributed by atoms with Crippen molar-refractivity contribution in [1.29, 1.82) is 0 Å². The van der Waals surface area contributed by atoms with Crippen LogP contribution in [0.15, 0.2) is 58.7 Å². The fraction of sp³-hybridized carbons (Fsp3) is 0.269. The Kier molecular flexibility index (Phi) is 6.50. The van der Waals surface area contributed by atoms with Gasteiger partial charge in [0.1, 0.15) is 16.3 Å². The number of carbonyl (C=O) groups excluding carboxylic acids is 1. The van der Waals surface area contributed by atoms with E-state index in [2.05, 4.69) is 10.3 Å². The molecule has 0 unspecified atom stereocenters. The van der Waals surface area contributed by atoms with Crippen LogP contribution in [0.4, 0.5) is 10.3 Å². The van der Waals surface area contributed by atoms with Gasteiger partial charge in [-0.25, -0.2) is 9.37 Å². The Labute approximate surface area is 205 Å². The Morgan fingerprint density at radius 1 is 1.20 bits per heavy atom. The number of hydrogen-bond acceptors (Lipinski definition) is 6. The number of thiophene rings is 1. The maximum absolute atomic E-state index is 14.4. The molecule has 0 atom stereocenters. The normalized spacial score (nSPS) is 14.3. The van der Waals surface area contributed by atoms with Crippen molar-refractivity contribution < 1.29 is 13.9 Å². The van der Waals surface area contributed by atoms with Crippen molar-refractivity contribution in [2.45, 2.75) is 19.4 Å². The summed E-state index contributed by atoms with van der Waals surface area (Å²) < 4.78 is 20.1. The Hall–Kier alpha value is -3.72. The van der Waals surface area contributed by atoms with Crippen molar-refractivity contribution in [3.8, 4) is 16.9 Å². The highest BCUT2D eigenvalue weighted by Crippen LogP contribution is 2.33. The largest absolute Gasteiger partial charge is 0.497 e. The van der Waals surface area contributed by atoms with Crippen LogP contribution in [0.3, 0.4) is 0 Å². The van der Waals surface area contributed by atoms with E-state index in [9.17, 15) is 14.0 Å². The fourth-order valence-electron chi connectivity index (χ4n) is 4.41. The van der Waals surface area contributed by atoms with Crippen molar-refractivity contribution in [1.82, 2.24) is 15.3 Å². The van der Waals surface area contributed by atoms with Crippen molar-refractivity contribution in [3.05, 3.63) is 75.6 Å². The first-order valence-corrected chi connectivity index (χ1v) is 12.3. The topological polar surface area (TPSA) is 87.3 Å². The van der Waals surface area contributed by atoms with E-state index in [0.717, 1.165) is 11.3 Å². The van der Waals surface area contributed by atoms with Crippen LogP contribution in [-0.2, 0) is 11.3 Å². The molecule has 7 nitrogen and oxygen atoms in total. The molecule has 1 fully saturated rings. The quantitative estimate of drug-likeness (QED) is 0.418. The van der Waals surface area contributed by atoms with Gasteiger partial charge in [0.2, 0.25) is 11.9 Å². The maximum atomic E-state index is 14.4. The number of nitrogens with zero attached hydrogens (tertiary/aromatic N) is 2. The third-order valence-electron chi connectivity index (χ3n) is 6.34. The highest BCUT2D eigenvalue weighted by Gasteiger charge is 2.27. The van der Waals surface area contributed by atoms with Crippen LogP contribution >= 0.6 is 11.3 Å². The molecule has 2 aromatic heterocycles. The Morgan fingerprint density at radius 3 is 2.77 bits per heavy atom. The lowest BCUT2D eigenvalue weighted by Crippen LogP contribution is -2.41. The molecule has 0 aliphatic carbocycles. The molecule has 1 saturated heterocycles. The standard InChI is InChI=1S/C26H25FN4O3S/c1-34-18-6-4-5-16(13-18)14-28-24(32)17-9-11-31(12-10-17)26-29-22-20(15-35-23(22)25(33)30-26)19-7-2-3-8-21(19)27/h2-8,13,15,17H,9-12,14H2,1H3,(H,28,32)(H,29,30,33). The van der Waals surface area contributed by atoms with Gasteiger partial charge in [0, 0.05) is 42.1 Å². The van der Waals surface area contributed by atoms with Gasteiger partial charge in [-0.15, -0.1) is 11.3 Å². The average molecular weight is 493 g/mol. The monoisotopic (exact) mass is 492 g/mol. The molecule has 35 heavy (non-hydrogen) atoms. The Bertz CT molecular complexity index is 1430. The molecule has 180 valence electrons. The minimum atomic E-state index is -0.350. The summed E-state index contributed by atoms with van der Waals surface area (Å²) in [5.74, 6) is 0.768. The van der Waals surface area contributed by atoms with Crippen molar-refractivity contribution in [2.75, 3.05) is 25.1 Å². The third-order valence-corrected chi connectivity index (χ3v) is 7.31. The lowest BCUT2D eigenvalue weighted by atomic mass is 9.96. The summed E-state index contributed by atoms with van der Waals surface area (Å²) in [6, 6.07) is 14.1. The molecule has 2 N–H and O–H groups in total. The van der Waals surface area contributed by atoms with Crippen molar-refractivity contribution in [3.63, 3.8) is 0 Å². The third kappa shape index (κ3) is 4.77. The molecule has 3 heterocycles. The summed E-state index contributed by atoms with van der Waals surface area (Å²) in [4.78, 5) is 35.0. The number of H-pyrrole nitrogens is 1. The lowest BCUT2D eigenvalue weighted by molar-refractivity contribution is -0.125. The van der Waals surface area contributed by atoms with E-state index in [1.165, 1.54) is 17.4 Å². The van der Waals surface area contributed by atoms with Gasteiger partial charge in [-0.05, 0) is 36.6 Å². The number of fused-ring (bicyclic) bond motifs is 1. The van der Waals surface area contributed by atoms with Gasteiger partial charge in [0.15, 0.2) is 0 Å². The van der Waals surface area contributed by atoms with E-state index >= 15 is 0 Å². The van der Waals surface area contributed by atoms with Gasteiger partial charge in [0.25, 0.3) is 5.56 Å². The summed E-state index contributed by atoms with van der Waals surface area (Å²) in [7, 11) is 1.62. The number of ether oxygens (including phenoxy) is 1. The van der Waals surface area contributed by atoms with Gasteiger partial charge < -0.3 is 15.0 Å². The van der Waals surface area contributed by atoms with Gasteiger partial charge in [-0.2, -0.15) is 0 Å². The molecular weight excluding hydrogens is 467 g/mol. The zero-order chi connectivity index (χ0) is 24.4. The second kappa shape index (κ2) is 9.87. The molecule has 2 aromatic carbocycles. The minimum Gasteiger partial charge on any atom is -0.497 e. The number of hydrogen-bond donors (Lipinski definition) is 2. The summed E-state index contributed by atoms with van der Waals surface area (Å²) in [6.45, 7) is 1.62. The molecule has 5 rings (SSSR count). The van der Waals surface area contributed by atoms with Crippen LogP contribution in [0.25, 0.3) is 21.3 Å². The first-order valence-electron chi connectivity index (χ1n) is 11.5. The van der Waals surface area contributed by atoms with E-state index < -0.39 is 0 Å². The van der Waals surface area contributed by atoms with Crippen molar-refractivity contribution >= 4 is 33.4 Å². The molecule has 4 aromatic rings. The molecule has 1 amide bonds. The number of anilines is 1. The first kappa shape index (κ1) is 23.0. The second-order valence-corrected chi connectivity index (χ2v) is 9.41. The van der Waals surface area contributed by atoms with Gasteiger partial charge in [-0.1, -0.05) is 30.3 Å². The number of amides is 1. The molecule has 1 aliphatic rings. The molecule has 0 saturated carbocycles. The number of nitrogens with one attached hydrogen (secondary N) is 2. The Morgan fingerprint density at radius 2 is 2.00 bits per heavy atom. The van der Waals surface area contributed by atoms with E-state index in [-0.39, 0.29) is 23.2 Å². The molecule has 1 aliphatic heterocycles. The molecular formula is C26H25FN4O3S. The molecule has 0 spiro atoms. The highest BCUT2D eigenvalue weighted by atomic mass is 32.1. The number of halogens is 1. The number of aromatic nitrogens is 2. The molecule has 0 bridgehead atoms. The van der Waals surface area contributed by atoms with Crippen LogP contribution in [0.5, 0.6) is 5.75 Å². The van der Waals surface area contributed by atoms with Gasteiger partial charge in [-0.3, -0.25) is 14.6 Å². The van der Waals surface area contributed by atoms with E-state index in [1.54, 1.807) is 30.7 Å². The predicted molar refractivity (Wildman–Crippen MR) is 135 cm³/mol. The number of methoxy groups -OCH3 is 1. The zero-order valence-corrected chi connectivity index (χ0v) is 20.0. The lowest BCUT2D eigenvalue weighted by Gasteiger charge is -2.31. The molecule has 0 radical (unpaired) electrons. The summed E-state index contributed by atoms with van der Waals surface area (Å²) in [5, 5.41) is 4.79. The fourth-order valence-corrected chi connectivity index (χ4v) is 5.31. The van der Waals surface area contributed by atoms with E-state index in [4.69, 9.17) is 9.72 Å². The predicted octanol–water partition coefficient (Wildman–Crippen LogP) is 4.33. The van der Waals surface area contributed by atoms with E-state index in [0.29, 0.717) is 59.8 Å². The van der Waals surface area contributed by atoms with Gasteiger partial charge >= 0.3 is 0 Å². The van der Waals surface area contributed by atoms with E-state index in [1.807, 2.05) is 29.2 Å². The van der Waals surface area contributed by atoms with Crippen LogP contribution in [-0.4, -0.2) is 36.1 Å². The SMILES string of the molecule is COc1cccc(CNC(=O)C2CCN(c3nc4c(-c5ccccc5F)csc4c(=O)[nH]3)CC2)c1. The number of carbonyl (C=O) groups is 1. The van der Waals surface area contributed by atoms with Crippen LogP contribution in [0.2, 0.25) is 0 Å². The van der Waals surface area contributed by atoms with Crippen LogP contribution in [0, 0.1) is 11.7 Å². The van der Waals surface area contributed by atoms with Gasteiger partial charge in [0.05, 0.1) is 12.6 Å². The second-order valence-electron chi connectivity index (χ2n) is 8.53. The maximum Gasteiger partial charge on any atom is 0.270 e. The number of aromatic amines is 1. The number of piperidine rings is 1. The highest BCUT2D eigenvalue weighted by molar-refractivity contribution is 7.17. The summed E-state index contributed by atoms with van der Waals surface area (Å²) >= 11 is 1.26. The molecule has 9 heteroatoms. The average Bonchev–Trinajstić information content (AvgIpc) is 3.32. The minimum absolute atomic E-state index is 0.0176. The number of benzene rings is 2. The zero-order valence-electron chi connectivity index (χ0n) is 19.2. The van der Waals surface area contributed by atoms with Crippen LogP contribution < -0.4 is 20.5 Å². The summed E-state index contributed by atoms with van der Waals surface area (Å²) in [6.07, 6.45) is 1.30. The first-order chi connectivity index (χ1) is 17.0.